The fourth-order valence-corrected chi connectivity index (χ4v) is 1.64. The van der Waals surface area contributed by atoms with Gasteiger partial charge in [-0.15, -0.1) is 0 Å². The van der Waals surface area contributed by atoms with Crippen LogP contribution in [-0.2, 0) is 6.18 Å². The fourth-order valence-electron chi connectivity index (χ4n) is 1.43. The van der Waals surface area contributed by atoms with Crippen molar-refractivity contribution in [2.24, 2.45) is 5.10 Å². The van der Waals surface area contributed by atoms with Gasteiger partial charge in [0, 0.05) is 12.4 Å². The standard InChI is InChI=1S/C12H10ClF3N4/c1-7(10-3-2-4-17-10)19-20-11-9(13)5-8(6-18-11)12(14,15)16/h2-6,17H,1H3,(H,18,20). The number of nitrogens with one attached hydrogen (secondary N) is 2. The van der Waals surface area contributed by atoms with Crippen molar-refractivity contribution in [1.82, 2.24) is 9.97 Å². The molecule has 0 atom stereocenters. The molecule has 0 fully saturated rings. The van der Waals surface area contributed by atoms with Crippen LogP contribution in [0.5, 0.6) is 0 Å². The molecule has 0 aliphatic heterocycles. The highest BCUT2D eigenvalue weighted by atomic mass is 35.5. The van der Waals surface area contributed by atoms with E-state index >= 15 is 0 Å². The third-order valence-corrected chi connectivity index (χ3v) is 2.77. The molecule has 20 heavy (non-hydrogen) atoms. The molecule has 2 heterocycles. The highest BCUT2D eigenvalue weighted by Crippen LogP contribution is 2.32. The molecule has 2 N–H and O–H groups in total. The van der Waals surface area contributed by atoms with Crippen LogP contribution in [0.2, 0.25) is 5.02 Å². The van der Waals surface area contributed by atoms with E-state index in [4.69, 9.17) is 11.6 Å². The number of rotatable bonds is 3. The predicted octanol–water partition coefficient (Wildman–Crippen LogP) is 3.92. The van der Waals surface area contributed by atoms with Gasteiger partial charge < -0.3 is 4.98 Å². The average Bonchev–Trinajstić information content (AvgIpc) is 2.89. The summed E-state index contributed by atoms with van der Waals surface area (Å²) in [4.78, 5) is 6.56. The van der Waals surface area contributed by atoms with E-state index in [-0.39, 0.29) is 10.8 Å². The number of hydrogen-bond donors (Lipinski definition) is 2. The van der Waals surface area contributed by atoms with Gasteiger partial charge in [0.05, 0.1) is 22.0 Å². The van der Waals surface area contributed by atoms with Crippen LogP contribution >= 0.6 is 11.6 Å². The Morgan fingerprint density at radius 1 is 1.45 bits per heavy atom. The first-order valence-corrected chi connectivity index (χ1v) is 5.92. The summed E-state index contributed by atoms with van der Waals surface area (Å²) in [7, 11) is 0. The number of pyridine rings is 1. The van der Waals surface area contributed by atoms with E-state index in [1.807, 2.05) is 6.07 Å². The van der Waals surface area contributed by atoms with Crippen LogP contribution in [0.3, 0.4) is 0 Å². The molecule has 2 rings (SSSR count). The van der Waals surface area contributed by atoms with Crippen LogP contribution in [0.1, 0.15) is 18.2 Å². The third-order valence-electron chi connectivity index (χ3n) is 2.49. The first-order valence-electron chi connectivity index (χ1n) is 5.54. The molecule has 0 radical (unpaired) electrons. The molecule has 0 aliphatic rings. The summed E-state index contributed by atoms with van der Waals surface area (Å²) in [6.45, 7) is 1.73. The van der Waals surface area contributed by atoms with Crippen LogP contribution in [0.4, 0.5) is 19.0 Å². The second-order valence-electron chi connectivity index (χ2n) is 3.94. The summed E-state index contributed by atoms with van der Waals surface area (Å²) in [6, 6.07) is 4.41. The summed E-state index contributed by atoms with van der Waals surface area (Å²) >= 11 is 5.74. The molecule has 0 amide bonds. The third kappa shape index (κ3) is 3.30. The maximum absolute atomic E-state index is 12.4. The maximum atomic E-state index is 12.4. The molecule has 0 aromatic carbocycles. The van der Waals surface area contributed by atoms with Crippen molar-refractivity contribution in [2.75, 3.05) is 5.43 Å². The molecule has 0 unspecified atom stereocenters. The van der Waals surface area contributed by atoms with Gasteiger partial charge >= 0.3 is 6.18 Å². The molecule has 0 saturated heterocycles. The summed E-state index contributed by atoms with van der Waals surface area (Å²) in [6.07, 6.45) is -2.04. The van der Waals surface area contributed by atoms with Crippen molar-refractivity contribution in [3.63, 3.8) is 0 Å². The number of hydrazone groups is 1. The van der Waals surface area contributed by atoms with E-state index in [1.54, 1.807) is 19.2 Å². The molecule has 106 valence electrons. The van der Waals surface area contributed by atoms with Gasteiger partial charge in [-0.05, 0) is 25.1 Å². The van der Waals surface area contributed by atoms with Crippen molar-refractivity contribution in [3.8, 4) is 0 Å². The number of aromatic nitrogens is 2. The van der Waals surface area contributed by atoms with Crippen molar-refractivity contribution >= 4 is 23.1 Å². The molecular weight excluding hydrogens is 293 g/mol. The monoisotopic (exact) mass is 302 g/mol. The van der Waals surface area contributed by atoms with Gasteiger partial charge in [-0.25, -0.2) is 4.98 Å². The van der Waals surface area contributed by atoms with Crippen molar-refractivity contribution in [3.05, 3.63) is 46.9 Å². The van der Waals surface area contributed by atoms with Gasteiger partial charge in [0.2, 0.25) is 0 Å². The van der Waals surface area contributed by atoms with Crippen molar-refractivity contribution in [2.45, 2.75) is 13.1 Å². The lowest BCUT2D eigenvalue weighted by Crippen LogP contribution is -2.07. The Morgan fingerprint density at radius 3 is 2.75 bits per heavy atom. The van der Waals surface area contributed by atoms with E-state index < -0.39 is 11.7 Å². The summed E-state index contributed by atoms with van der Waals surface area (Å²) < 4.78 is 37.3. The molecule has 0 spiro atoms. The van der Waals surface area contributed by atoms with Crippen LogP contribution < -0.4 is 5.43 Å². The van der Waals surface area contributed by atoms with Gasteiger partial charge in [0.1, 0.15) is 0 Å². The molecule has 0 aliphatic carbocycles. The van der Waals surface area contributed by atoms with E-state index in [2.05, 4.69) is 20.5 Å². The number of aromatic amines is 1. The lowest BCUT2D eigenvalue weighted by Gasteiger charge is -2.08. The van der Waals surface area contributed by atoms with Gasteiger partial charge in [-0.1, -0.05) is 11.6 Å². The lowest BCUT2D eigenvalue weighted by molar-refractivity contribution is -0.137. The van der Waals surface area contributed by atoms with Crippen LogP contribution in [0, 0.1) is 0 Å². The molecule has 8 heteroatoms. The number of halogens is 4. The van der Waals surface area contributed by atoms with Gasteiger partial charge in [0.25, 0.3) is 0 Å². The minimum atomic E-state index is -4.47. The van der Waals surface area contributed by atoms with Crippen LogP contribution in [-0.4, -0.2) is 15.7 Å². The summed E-state index contributed by atoms with van der Waals surface area (Å²) in [5.41, 5.74) is 3.03. The highest BCUT2D eigenvalue weighted by Gasteiger charge is 2.31. The topological polar surface area (TPSA) is 53.1 Å². The Labute approximate surface area is 117 Å². The number of nitrogens with zero attached hydrogens (tertiary/aromatic N) is 2. The lowest BCUT2D eigenvalue weighted by atomic mass is 10.3. The van der Waals surface area contributed by atoms with Crippen molar-refractivity contribution < 1.29 is 13.2 Å². The molecule has 2 aromatic heterocycles. The van der Waals surface area contributed by atoms with Gasteiger partial charge in [-0.3, -0.25) is 5.43 Å². The Balaban J connectivity index is 2.17. The quantitative estimate of drug-likeness (QED) is 0.667. The van der Waals surface area contributed by atoms with E-state index in [0.717, 1.165) is 11.8 Å². The maximum Gasteiger partial charge on any atom is 0.417 e. The number of H-pyrrole nitrogens is 1. The summed E-state index contributed by atoms with van der Waals surface area (Å²) in [5.74, 6) is 0.0607. The number of anilines is 1. The second-order valence-corrected chi connectivity index (χ2v) is 4.35. The Kier molecular flexibility index (Phi) is 3.99. The van der Waals surface area contributed by atoms with Gasteiger partial charge in [-0.2, -0.15) is 18.3 Å². The average molecular weight is 303 g/mol. The zero-order chi connectivity index (χ0) is 14.8. The zero-order valence-electron chi connectivity index (χ0n) is 10.3. The minimum absolute atomic E-state index is 0.0607. The Hall–Kier alpha value is -2.02. The Bertz CT molecular complexity index is 620. The molecule has 4 nitrogen and oxygen atoms in total. The number of hydrogen-bond acceptors (Lipinski definition) is 3. The SMILES string of the molecule is CC(=NNc1ncc(C(F)(F)F)cc1Cl)c1ccc[nH]1. The highest BCUT2D eigenvalue weighted by molar-refractivity contribution is 6.33. The molecule has 2 aromatic rings. The predicted molar refractivity (Wildman–Crippen MR) is 70.9 cm³/mol. The molecule has 0 saturated carbocycles. The van der Waals surface area contributed by atoms with E-state index in [1.165, 1.54) is 0 Å². The normalized spacial score (nSPS) is 12.6. The molecule has 0 bridgehead atoms. The van der Waals surface area contributed by atoms with Crippen LogP contribution in [0.25, 0.3) is 0 Å². The van der Waals surface area contributed by atoms with Crippen molar-refractivity contribution in [1.29, 1.82) is 0 Å². The minimum Gasteiger partial charge on any atom is -0.360 e. The molecular formula is C12H10ClF3N4. The first-order chi connectivity index (χ1) is 9.38. The van der Waals surface area contributed by atoms with E-state index in [9.17, 15) is 13.2 Å². The zero-order valence-corrected chi connectivity index (χ0v) is 11.0. The second kappa shape index (κ2) is 5.54. The largest absolute Gasteiger partial charge is 0.417 e. The Morgan fingerprint density at radius 2 is 2.20 bits per heavy atom. The van der Waals surface area contributed by atoms with E-state index in [0.29, 0.717) is 11.9 Å². The summed E-state index contributed by atoms with van der Waals surface area (Å²) in [5, 5.41) is 3.85. The number of alkyl halides is 3. The first kappa shape index (κ1) is 14.4. The van der Waals surface area contributed by atoms with Gasteiger partial charge in [0.15, 0.2) is 5.82 Å². The van der Waals surface area contributed by atoms with Crippen LogP contribution in [0.15, 0.2) is 35.7 Å². The smallest absolute Gasteiger partial charge is 0.360 e. The fraction of sp³-hybridized carbons (Fsp3) is 0.167.